The first-order valence-corrected chi connectivity index (χ1v) is 6.17. The van der Waals surface area contributed by atoms with Gasteiger partial charge in [-0.25, -0.2) is 8.78 Å². The van der Waals surface area contributed by atoms with Crippen molar-refractivity contribution in [1.29, 1.82) is 0 Å². The molecule has 0 aliphatic carbocycles. The minimum Gasteiger partial charge on any atom is -0.376 e. The van der Waals surface area contributed by atoms with E-state index in [0.29, 0.717) is 13.0 Å². The molecule has 0 saturated heterocycles. The van der Waals surface area contributed by atoms with E-state index < -0.39 is 17.7 Å². The summed E-state index contributed by atoms with van der Waals surface area (Å²) < 4.78 is 33.0. The van der Waals surface area contributed by atoms with E-state index in [1.165, 1.54) is 18.2 Å². The number of rotatable bonds is 7. The van der Waals surface area contributed by atoms with E-state index in [2.05, 4.69) is 5.43 Å². The standard InChI is InChI=1S/C13H20F2N2O/c1-3-6-11(18-4-2)13(17-16)12-9(14)7-5-8-10(12)15/h5,7-8,11,13,17H,3-4,6,16H2,1-2H3. The van der Waals surface area contributed by atoms with Crippen LogP contribution in [0.25, 0.3) is 0 Å². The van der Waals surface area contributed by atoms with Crippen LogP contribution in [0.15, 0.2) is 18.2 Å². The molecule has 1 rings (SSSR count). The zero-order valence-corrected chi connectivity index (χ0v) is 10.7. The second kappa shape index (κ2) is 7.41. The first-order valence-electron chi connectivity index (χ1n) is 6.17. The van der Waals surface area contributed by atoms with Gasteiger partial charge in [-0.1, -0.05) is 19.4 Å². The van der Waals surface area contributed by atoms with Gasteiger partial charge in [0.1, 0.15) is 11.6 Å². The Morgan fingerprint density at radius 1 is 1.28 bits per heavy atom. The highest BCUT2D eigenvalue weighted by atomic mass is 19.1. The van der Waals surface area contributed by atoms with Crippen molar-refractivity contribution in [3.8, 4) is 0 Å². The number of benzene rings is 1. The molecule has 1 aromatic rings. The van der Waals surface area contributed by atoms with E-state index in [9.17, 15) is 8.78 Å². The fourth-order valence-corrected chi connectivity index (χ4v) is 2.03. The molecule has 18 heavy (non-hydrogen) atoms. The van der Waals surface area contributed by atoms with Gasteiger partial charge in [0, 0.05) is 12.2 Å². The highest BCUT2D eigenvalue weighted by Gasteiger charge is 2.27. The number of hydrogen-bond donors (Lipinski definition) is 2. The predicted octanol–water partition coefficient (Wildman–Crippen LogP) is 2.67. The molecule has 3 N–H and O–H groups in total. The summed E-state index contributed by atoms with van der Waals surface area (Å²) in [5, 5.41) is 0. The summed E-state index contributed by atoms with van der Waals surface area (Å²) in [4.78, 5) is 0. The summed E-state index contributed by atoms with van der Waals surface area (Å²) in [6.07, 6.45) is 1.17. The molecule has 2 atom stereocenters. The number of hydrogen-bond acceptors (Lipinski definition) is 3. The topological polar surface area (TPSA) is 47.3 Å². The second-order valence-corrected chi connectivity index (χ2v) is 4.06. The Kier molecular flexibility index (Phi) is 6.18. The molecule has 0 spiro atoms. The van der Waals surface area contributed by atoms with Crippen LogP contribution in [0.2, 0.25) is 0 Å². The predicted molar refractivity (Wildman–Crippen MR) is 66.7 cm³/mol. The van der Waals surface area contributed by atoms with Gasteiger partial charge in [0.15, 0.2) is 0 Å². The average molecular weight is 258 g/mol. The molecule has 0 radical (unpaired) electrons. The number of nitrogens with two attached hydrogens (primary N) is 1. The molecular weight excluding hydrogens is 238 g/mol. The molecule has 0 heterocycles. The molecule has 1 aromatic carbocycles. The van der Waals surface area contributed by atoms with Gasteiger partial charge in [-0.3, -0.25) is 11.3 Å². The maximum Gasteiger partial charge on any atom is 0.131 e. The maximum atomic E-state index is 13.7. The quantitative estimate of drug-likeness (QED) is 0.584. The Morgan fingerprint density at radius 3 is 2.33 bits per heavy atom. The second-order valence-electron chi connectivity index (χ2n) is 4.06. The third-order valence-corrected chi connectivity index (χ3v) is 2.82. The largest absolute Gasteiger partial charge is 0.376 e. The number of halogens is 2. The van der Waals surface area contributed by atoms with Gasteiger partial charge in [0.2, 0.25) is 0 Å². The number of hydrazine groups is 1. The van der Waals surface area contributed by atoms with Crippen molar-refractivity contribution in [2.45, 2.75) is 38.8 Å². The smallest absolute Gasteiger partial charge is 0.131 e. The zero-order valence-electron chi connectivity index (χ0n) is 10.7. The van der Waals surface area contributed by atoms with Crippen molar-refractivity contribution < 1.29 is 13.5 Å². The van der Waals surface area contributed by atoms with Crippen LogP contribution in [0.1, 0.15) is 38.3 Å². The summed E-state index contributed by atoms with van der Waals surface area (Å²) in [7, 11) is 0. The third kappa shape index (κ3) is 3.48. The summed E-state index contributed by atoms with van der Waals surface area (Å²) in [5.41, 5.74) is 2.40. The van der Waals surface area contributed by atoms with Crippen LogP contribution in [0.3, 0.4) is 0 Å². The van der Waals surface area contributed by atoms with Gasteiger partial charge >= 0.3 is 0 Å². The van der Waals surface area contributed by atoms with Crippen molar-refractivity contribution in [3.63, 3.8) is 0 Å². The van der Waals surface area contributed by atoms with Crippen LogP contribution >= 0.6 is 0 Å². The fraction of sp³-hybridized carbons (Fsp3) is 0.538. The average Bonchev–Trinajstić information content (AvgIpc) is 2.34. The molecule has 0 saturated carbocycles. The van der Waals surface area contributed by atoms with Crippen LogP contribution in [0.5, 0.6) is 0 Å². The van der Waals surface area contributed by atoms with E-state index in [-0.39, 0.29) is 11.7 Å². The number of nitrogens with one attached hydrogen (secondary N) is 1. The fourth-order valence-electron chi connectivity index (χ4n) is 2.03. The molecule has 0 aliphatic heterocycles. The number of ether oxygens (including phenoxy) is 1. The normalized spacial score (nSPS) is 14.5. The molecule has 5 heteroatoms. The van der Waals surface area contributed by atoms with Gasteiger partial charge in [0.05, 0.1) is 12.1 Å². The van der Waals surface area contributed by atoms with E-state index in [0.717, 1.165) is 6.42 Å². The van der Waals surface area contributed by atoms with Crippen molar-refractivity contribution in [2.75, 3.05) is 6.61 Å². The lowest BCUT2D eigenvalue weighted by molar-refractivity contribution is 0.0257. The molecule has 102 valence electrons. The van der Waals surface area contributed by atoms with Crippen molar-refractivity contribution >= 4 is 0 Å². The lowest BCUT2D eigenvalue weighted by atomic mass is 9.97. The molecule has 2 unspecified atom stereocenters. The Balaban J connectivity index is 3.06. The van der Waals surface area contributed by atoms with E-state index >= 15 is 0 Å². The first-order chi connectivity index (χ1) is 8.65. The highest BCUT2D eigenvalue weighted by Crippen LogP contribution is 2.26. The van der Waals surface area contributed by atoms with E-state index in [1.807, 2.05) is 13.8 Å². The van der Waals surface area contributed by atoms with Gasteiger partial charge in [0.25, 0.3) is 0 Å². The summed E-state index contributed by atoms with van der Waals surface area (Å²) >= 11 is 0. The molecule has 0 fully saturated rings. The lowest BCUT2D eigenvalue weighted by Gasteiger charge is -2.27. The van der Waals surface area contributed by atoms with Gasteiger partial charge in [-0.05, 0) is 25.5 Å². The zero-order chi connectivity index (χ0) is 13.5. The molecule has 0 amide bonds. The van der Waals surface area contributed by atoms with Crippen molar-refractivity contribution in [2.24, 2.45) is 5.84 Å². The molecular formula is C13H20F2N2O. The minimum absolute atomic E-state index is 0.0631. The first kappa shape index (κ1) is 15.0. The van der Waals surface area contributed by atoms with Crippen LogP contribution < -0.4 is 11.3 Å². The van der Waals surface area contributed by atoms with Crippen molar-refractivity contribution in [3.05, 3.63) is 35.4 Å². The van der Waals surface area contributed by atoms with E-state index in [4.69, 9.17) is 10.6 Å². The van der Waals surface area contributed by atoms with Crippen LogP contribution in [0, 0.1) is 11.6 Å². The maximum absolute atomic E-state index is 13.7. The molecule has 3 nitrogen and oxygen atoms in total. The molecule has 0 bridgehead atoms. The monoisotopic (exact) mass is 258 g/mol. The van der Waals surface area contributed by atoms with Gasteiger partial charge in [-0.15, -0.1) is 0 Å². The highest BCUT2D eigenvalue weighted by molar-refractivity contribution is 5.24. The Labute approximate surface area is 106 Å². The summed E-state index contributed by atoms with van der Waals surface area (Å²) in [6.45, 7) is 4.30. The van der Waals surface area contributed by atoms with Gasteiger partial charge < -0.3 is 4.74 Å². The summed E-state index contributed by atoms with van der Waals surface area (Å²) in [5.74, 6) is 4.22. The third-order valence-electron chi connectivity index (χ3n) is 2.82. The summed E-state index contributed by atoms with van der Waals surface area (Å²) in [6, 6.07) is 3.08. The van der Waals surface area contributed by atoms with Crippen LogP contribution in [0.4, 0.5) is 8.78 Å². The van der Waals surface area contributed by atoms with Crippen LogP contribution in [-0.2, 0) is 4.74 Å². The Bertz CT molecular complexity index is 348. The molecule has 0 aliphatic rings. The lowest BCUT2D eigenvalue weighted by Crippen LogP contribution is -2.39. The minimum atomic E-state index is -0.689. The Morgan fingerprint density at radius 2 is 1.89 bits per heavy atom. The van der Waals surface area contributed by atoms with Gasteiger partial charge in [-0.2, -0.15) is 0 Å². The Hall–Kier alpha value is -1.04. The van der Waals surface area contributed by atoms with E-state index in [1.54, 1.807) is 0 Å². The van der Waals surface area contributed by atoms with Crippen molar-refractivity contribution in [1.82, 2.24) is 5.43 Å². The SMILES string of the molecule is CCCC(OCC)C(NN)c1c(F)cccc1F. The van der Waals surface area contributed by atoms with Crippen LogP contribution in [-0.4, -0.2) is 12.7 Å². The molecule has 0 aromatic heterocycles.